The van der Waals surface area contributed by atoms with Crippen molar-refractivity contribution < 1.29 is 0 Å². The van der Waals surface area contributed by atoms with E-state index in [9.17, 15) is 0 Å². The van der Waals surface area contributed by atoms with Crippen LogP contribution in [0.3, 0.4) is 0 Å². The summed E-state index contributed by atoms with van der Waals surface area (Å²) < 4.78 is 6.15. The van der Waals surface area contributed by atoms with E-state index in [-0.39, 0.29) is 0 Å². The Bertz CT molecular complexity index is 766. The second-order valence-electron chi connectivity index (χ2n) is 4.57. The Kier molecular flexibility index (Phi) is 3.67. The van der Waals surface area contributed by atoms with Crippen molar-refractivity contribution in [2.75, 3.05) is 5.32 Å². The van der Waals surface area contributed by atoms with Crippen LogP contribution >= 0.6 is 11.5 Å². The van der Waals surface area contributed by atoms with Crippen LogP contribution in [0.5, 0.6) is 0 Å². The molecule has 0 aliphatic carbocycles. The normalized spacial score (nSPS) is 10.3. The van der Waals surface area contributed by atoms with Gasteiger partial charge in [-0.25, -0.2) is 4.98 Å². The fourth-order valence-electron chi connectivity index (χ4n) is 2.00. The number of imidazole rings is 1. The molecule has 0 saturated carbocycles. The standard InChI is InChI=1S/C15H13N5S/c1-11-14(8-16)15(21-19-11)18-9-12-2-4-13(5-3-12)20-7-6-17-10-20/h2-7,10,18H,9H2,1H3. The number of nitriles is 1. The zero-order chi connectivity index (χ0) is 14.7. The molecule has 1 N–H and O–H groups in total. The van der Waals surface area contributed by atoms with Crippen molar-refractivity contribution in [3.63, 3.8) is 0 Å². The van der Waals surface area contributed by atoms with Gasteiger partial charge in [0.2, 0.25) is 0 Å². The minimum atomic E-state index is 0.634. The largest absolute Gasteiger partial charge is 0.370 e. The van der Waals surface area contributed by atoms with Gasteiger partial charge in [0, 0.05) is 24.6 Å². The summed E-state index contributed by atoms with van der Waals surface area (Å²) in [5, 5.41) is 13.2. The molecule has 0 aliphatic heterocycles. The van der Waals surface area contributed by atoms with Crippen LogP contribution in [0.15, 0.2) is 43.0 Å². The van der Waals surface area contributed by atoms with Gasteiger partial charge in [-0.15, -0.1) is 0 Å². The van der Waals surface area contributed by atoms with Crippen LogP contribution in [0.25, 0.3) is 5.69 Å². The second-order valence-corrected chi connectivity index (χ2v) is 5.35. The number of nitrogens with zero attached hydrogens (tertiary/aromatic N) is 4. The highest BCUT2D eigenvalue weighted by Crippen LogP contribution is 2.24. The molecule has 21 heavy (non-hydrogen) atoms. The number of aryl methyl sites for hydroxylation is 1. The van der Waals surface area contributed by atoms with E-state index < -0.39 is 0 Å². The zero-order valence-corrected chi connectivity index (χ0v) is 12.3. The highest BCUT2D eigenvalue weighted by molar-refractivity contribution is 7.10. The second kappa shape index (κ2) is 5.77. The van der Waals surface area contributed by atoms with Gasteiger partial charge in [0.15, 0.2) is 0 Å². The Morgan fingerprint density at radius 1 is 1.33 bits per heavy atom. The van der Waals surface area contributed by atoms with Gasteiger partial charge in [0.1, 0.15) is 16.6 Å². The highest BCUT2D eigenvalue weighted by atomic mass is 32.1. The fourth-order valence-corrected chi connectivity index (χ4v) is 2.74. The van der Waals surface area contributed by atoms with Gasteiger partial charge in [-0.05, 0) is 36.2 Å². The number of nitrogens with one attached hydrogen (secondary N) is 1. The Morgan fingerprint density at radius 3 is 2.81 bits per heavy atom. The van der Waals surface area contributed by atoms with Crippen LogP contribution in [-0.2, 0) is 6.54 Å². The molecule has 0 bridgehead atoms. The van der Waals surface area contributed by atoms with E-state index in [1.807, 2.05) is 29.8 Å². The van der Waals surface area contributed by atoms with E-state index in [1.165, 1.54) is 11.5 Å². The lowest BCUT2D eigenvalue weighted by Crippen LogP contribution is -1.99. The molecule has 2 aromatic heterocycles. The molecule has 0 atom stereocenters. The number of benzene rings is 1. The summed E-state index contributed by atoms with van der Waals surface area (Å²) in [6, 6.07) is 10.4. The maximum atomic E-state index is 9.10. The Hall–Kier alpha value is -2.65. The fraction of sp³-hybridized carbons (Fsp3) is 0.133. The van der Waals surface area contributed by atoms with Crippen molar-refractivity contribution in [2.45, 2.75) is 13.5 Å². The molecular weight excluding hydrogens is 282 g/mol. The first-order valence-electron chi connectivity index (χ1n) is 6.45. The first kappa shape index (κ1) is 13.3. The van der Waals surface area contributed by atoms with Gasteiger partial charge < -0.3 is 9.88 Å². The van der Waals surface area contributed by atoms with Crippen LogP contribution in [0.2, 0.25) is 0 Å². The molecule has 0 saturated heterocycles. The third-order valence-electron chi connectivity index (χ3n) is 3.17. The van der Waals surface area contributed by atoms with Crippen LogP contribution in [0.1, 0.15) is 16.8 Å². The average molecular weight is 295 g/mol. The molecule has 0 amide bonds. The Morgan fingerprint density at radius 2 is 2.14 bits per heavy atom. The minimum Gasteiger partial charge on any atom is -0.370 e. The molecule has 1 aromatic carbocycles. The van der Waals surface area contributed by atoms with E-state index >= 15 is 0 Å². The number of anilines is 1. The topological polar surface area (TPSA) is 66.5 Å². The summed E-state index contributed by atoms with van der Waals surface area (Å²) in [7, 11) is 0. The molecule has 2 heterocycles. The van der Waals surface area contributed by atoms with Crippen molar-refractivity contribution in [3.05, 3.63) is 59.8 Å². The molecular formula is C15H13N5S. The maximum Gasteiger partial charge on any atom is 0.127 e. The zero-order valence-electron chi connectivity index (χ0n) is 11.4. The molecule has 0 fully saturated rings. The van der Waals surface area contributed by atoms with Gasteiger partial charge in [0.25, 0.3) is 0 Å². The van der Waals surface area contributed by atoms with E-state index in [2.05, 4.69) is 32.9 Å². The van der Waals surface area contributed by atoms with Crippen molar-refractivity contribution in [1.82, 2.24) is 13.9 Å². The molecule has 5 nitrogen and oxygen atoms in total. The summed E-state index contributed by atoms with van der Waals surface area (Å²) in [6.45, 7) is 2.51. The quantitative estimate of drug-likeness (QED) is 0.803. The lowest BCUT2D eigenvalue weighted by Gasteiger charge is -2.06. The van der Waals surface area contributed by atoms with Crippen LogP contribution < -0.4 is 5.32 Å². The summed E-state index contributed by atoms with van der Waals surface area (Å²) in [5.41, 5.74) is 3.63. The molecule has 3 aromatic rings. The molecule has 6 heteroatoms. The minimum absolute atomic E-state index is 0.634. The smallest absolute Gasteiger partial charge is 0.127 e. The van der Waals surface area contributed by atoms with Gasteiger partial charge in [-0.3, -0.25) is 0 Å². The molecule has 0 radical (unpaired) electrons. The van der Waals surface area contributed by atoms with Crippen molar-refractivity contribution in [3.8, 4) is 11.8 Å². The predicted octanol–water partition coefficient (Wildman–Crippen LogP) is 3.12. The summed E-state index contributed by atoms with van der Waals surface area (Å²) >= 11 is 1.33. The van der Waals surface area contributed by atoms with Gasteiger partial charge in [-0.1, -0.05) is 12.1 Å². The van der Waals surface area contributed by atoms with Gasteiger partial charge in [-0.2, -0.15) is 9.64 Å². The third kappa shape index (κ3) is 2.78. The van der Waals surface area contributed by atoms with E-state index in [1.54, 1.807) is 12.5 Å². The summed E-state index contributed by atoms with van der Waals surface area (Å²) in [4.78, 5) is 4.03. The predicted molar refractivity (Wildman–Crippen MR) is 82.5 cm³/mol. The Labute approximate surface area is 126 Å². The summed E-state index contributed by atoms with van der Waals surface area (Å²) in [5.74, 6) is 0. The number of rotatable bonds is 4. The maximum absolute atomic E-state index is 9.10. The number of hydrogen-bond donors (Lipinski definition) is 1. The van der Waals surface area contributed by atoms with Crippen molar-refractivity contribution in [1.29, 1.82) is 5.26 Å². The highest BCUT2D eigenvalue weighted by Gasteiger charge is 2.09. The number of aromatic nitrogens is 3. The van der Waals surface area contributed by atoms with E-state index in [4.69, 9.17) is 5.26 Å². The first-order chi connectivity index (χ1) is 10.3. The first-order valence-corrected chi connectivity index (χ1v) is 7.23. The number of hydrogen-bond acceptors (Lipinski definition) is 5. The molecule has 104 valence electrons. The van der Waals surface area contributed by atoms with Crippen LogP contribution in [0.4, 0.5) is 5.00 Å². The third-order valence-corrected chi connectivity index (χ3v) is 4.06. The SMILES string of the molecule is Cc1nsc(NCc2ccc(-n3ccnc3)cc2)c1C#N. The van der Waals surface area contributed by atoms with Crippen LogP contribution in [0, 0.1) is 18.3 Å². The molecule has 3 rings (SSSR count). The molecule has 0 aliphatic rings. The summed E-state index contributed by atoms with van der Waals surface area (Å²) in [6.07, 6.45) is 5.43. The van der Waals surface area contributed by atoms with E-state index in [0.717, 1.165) is 21.9 Å². The van der Waals surface area contributed by atoms with Crippen LogP contribution in [-0.4, -0.2) is 13.9 Å². The monoisotopic (exact) mass is 295 g/mol. The van der Waals surface area contributed by atoms with Gasteiger partial charge >= 0.3 is 0 Å². The lowest BCUT2D eigenvalue weighted by molar-refractivity contribution is 1.05. The lowest BCUT2D eigenvalue weighted by atomic mass is 10.2. The molecule has 0 spiro atoms. The van der Waals surface area contributed by atoms with E-state index in [0.29, 0.717) is 12.1 Å². The van der Waals surface area contributed by atoms with Crippen molar-refractivity contribution >= 4 is 16.5 Å². The molecule has 0 unspecified atom stereocenters. The Balaban J connectivity index is 1.70. The van der Waals surface area contributed by atoms with Crippen molar-refractivity contribution in [2.24, 2.45) is 0 Å². The average Bonchev–Trinajstić information content (AvgIpc) is 3.15. The van der Waals surface area contributed by atoms with Gasteiger partial charge in [0.05, 0.1) is 12.0 Å².